The highest BCUT2D eigenvalue weighted by molar-refractivity contribution is 5.76. The molecule has 1 amide bonds. The highest BCUT2D eigenvalue weighted by Crippen LogP contribution is 2.16. The van der Waals surface area contributed by atoms with Crippen molar-refractivity contribution in [1.82, 2.24) is 5.32 Å². The van der Waals surface area contributed by atoms with Crippen molar-refractivity contribution in [2.75, 3.05) is 13.2 Å². The zero-order chi connectivity index (χ0) is 47.9. The van der Waals surface area contributed by atoms with Crippen LogP contribution in [0.15, 0.2) is 48.6 Å². The van der Waals surface area contributed by atoms with E-state index in [2.05, 4.69) is 49.5 Å². The van der Waals surface area contributed by atoms with Crippen LogP contribution in [-0.4, -0.2) is 47.4 Å². The molecular formula is C60H111NO5. The Bertz CT molecular complexity index is 1110. The van der Waals surface area contributed by atoms with Gasteiger partial charge in [-0.3, -0.25) is 9.59 Å². The molecule has 0 aliphatic carbocycles. The predicted molar refractivity (Wildman–Crippen MR) is 287 cm³/mol. The number of hydrogen-bond acceptors (Lipinski definition) is 5. The zero-order valence-corrected chi connectivity index (χ0v) is 43.9. The van der Waals surface area contributed by atoms with Crippen molar-refractivity contribution >= 4 is 11.9 Å². The van der Waals surface area contributed by atoms with Gasteiger partial charge in [0.2, 0.25) is 5.91 Å². The zero-order valence-electron chi connectivity index (χ0n) is 43.9. The second kappa shape index (κ2) is 55.4. The van der Waals surface area contributed by atoms with Gasteiger partial charge in [-0.05, 0) is 77.0 Å². The Hall–Kier alpha value is -2.18. The minimum absolute atomic E-state index is 0.0272. The van der Waals surface area contributed by atoms with Crippen LogP contribution in [0.3, 0.4) is 0 Å². The van der Waals surface area contributed by atoms with E-state index >= 15 is 0 Å². The van der Waals surface area contributed by atoms with Crippen molar-refractivity contribution in [2.24, 2.45) is 0 Å². The fraction of sp³-hybridized carbons (Fsp3) is 0.833. The second-order valence-corrected chi connectivity index (χ2v) is 19.6. The molecule has 0 radical (unpaired) electrons. The largest absolute Gasteiger partial charge is 0.466 e. The number of rotatable bonds is 53. The summed E-state index contributed by atoms with van der Waals surface area (Å²) >= 11 is 0. The van der Waals surface area contributed by atoms with Crippen molar-refractivity contribution in [3.8, 4) is 0 Å². The molecule has 2 atom stereocenters. The van der Waals surface area contributed by atoms with Crippen LogP contribution in [0.25, 0.3) is 0 Å². The highest BCUT2D eigenvalue weighted by atomic mass is 16.5. The lowest BCUT2D eigenvalue weighted by Gasteiger charge is -2.19. The number of unbranched alkanes of at least 4 members (excludes halogenated alkanes) is 36. The smallest absolute Gasteiger partial charge is 0.305 e. The second-order valence-electron chi connectivity index (χ2n) is 19.6. The van der Waals surface area contributed by atoms with Crippen molar-refractivity contribution in [2.45, 2.75) is 309 Å². The van der Waals surface area contributed by atoms with Crippen LogP contribution in [-0.2, 0) is 14.3 Å². The fourth-order valence-electron chi connectivity index (χ4n) is 8.62. The maximum absolute atomic E-state index is 12.4. The van der Waals surface area contributed by atoms with Gasteiger partial charge < -0.3 is 20.3 Å². The summed E-state index contributed by atoms with van der Waals surface area (Å²) in [5, 5.41) is 23.1. The number of allylic oxidation sites excluding steroid dienone is 7. The molecule has 6 heteroatoms. The van der Waals surface area contributed by atoms with E-state index in [0.29, 0.717) is 25.9 Å². The van der Waals surface area contributed by atoms with E-state index in [9.17, 15) is 19.8 Å². The van der Waals surface area contributed by atoms with E-state index in [0.717, 1.165) is 51.4 Å². The third-order valence-electron chi connectivity index (χ3n) is 13.1. The van der Waals surface area contributed by atoms with Crippen molar-refractivity contribution in [1.29, 1.82) is 0 Å². The summed E-state index contributed by atoms with van der Waals surface area (Å²) in [6.45, 7) is 4.83. The van der Waals surface area contributed by atoms with Gasteiger partial charge in [0.05, 0.1) is 25.4 Å². The van der Waals surface area contributed by atoms with Gasteiger partial charge in [0, 0.05) is 12.8 Å². The predicted octanol–water partition coefficient (Wildman–Crippen LogP) is 17.8. The summed E-state index contributed by atoms with van der Waals surface area (Å²) in [5.74, 6) is -0.175. The number of ether oxygens (including phenoxy) is 1. The third-order valence-corrected chi connectivity index (χ3v) is 13.1. The van der Waals surface area contributed by atoms with Crippen LogP contribution in [0.4, 0.5) is 0 Å². The van der Waals surface area contributed by atoms with Gasteiger partial charge >= 0.3 is 5.97 Å². The first-order chi connectivity index (χ1) is 32.5. The molecule has 6 nitrogen and oxygen atoms in total. The number of aliphatic hydroxyl groups excluding tert-OH is 2. The van der Waals surface area contributed by atoms with Gasteiger partial charge in [-0.25, -0.2) is 0 Å². The van der Waals surface area contributed by atoms with Crippen molar-refractivity contribution < 1.29 is 24.5 Å². The molecule has 0 spiro atoms. The number of amides is 1. The first-order valence-corrected chi connectivity index (χ1v) is 28.9. The molecule has 0 aliphatic heterocycles. The quantitative estimate of drug-likeness (QED) is 0.0321. The van der Waals surface area contributed by atoms with Gasteiger partial charge in [-0.1, -0.05) is 255 Å². The summed E-state index contributed by atoms with van der Waals surface area (Å²) < 4.78 is 5.45. The molecule has 0 aliphatic rings. The number of hydrogen-bond donors (Lipinski definition) is 3. The molecule has 3 N–H and O–H groups in total. The van der Waals surface area contributed by atoms with E-state index in [1.54, 1.807) is 6.08 Å². The first kappa shape index (κ1) is 63.8. The van der Waals surface area contributed by atoms with E-state index in [-0.39, 0.29) is 18.5 Å². The lowest BCUT2D eigenvalue weighted by atomic mass is 10.0. The Morgan fingerprint density at radius 2 is 0.773 bits per heavy atom. The van der Waals surface area contributed by atoms with Crippen LogP contribution in [0.5, 0.6) is 0 Å². The van der Waals surface area contributed by atoms with Crippen LogP contribution < -0.4 is 5.32 Å². The summed E-state index contributed by atoms with van der Waals surface area (Å²) in [4.78, 5) is 24.5. The number of aliphatic hydroxyl groups is 2. The average Bonchev–Trinajstić information content (AvgIpc) is 3.32. The molecule has 386 valence electrons. The van der Waals surface area contributed by atoms with Gasteiger partial charge in [0.1, 0.15) is 0 Å². The van der Waals surface area contributed by atoms with Gasteiger partial charge in [-0.2, -0.15) is 0 Å². The third kappa shape index (κ3) is 51.2. The Morgan fingerprint density at radius 3 is 1.20 bits per heavy atom. The Balaban J connectivity index is 3.58. The first-order valence-electron chi connectivity index (χ1n) is 28.9. The molecule has 0 aromatic carbocycles. The van der Waals surface area contributed by atoms with Crippen molar-refractivity contribution in [3.63, 3.8) is 0 Å². The standard InChI is InChI=1S/C60H111NO5/c1-3-5-7-9-11-13-15-17-19-20-21-22-23-24-25-26-28-32-36-40-44-48-52-58(63)57(56-62)61-59(64)53-49-45-41-37-33-29-27-31-35-39-43-47-51-55-66-60(65)54-50-46-42-38-34-30-18-16-14-12-10-8-6-4-2/h16,18,29,33,41,45,48,52,57-58,62-63H,3-15,17,19-28,30-32,34-40,42-44,46-47,49-51,53-56H2,1-2H3,(H,61,64)/b18-16-,33-29-,45-41-,52-48+. The Labute approximate surface area is 410 Å². The lowest BCUT2D eigenvalue weighted by molar-refractivity contribution is -0.143. The molecule has 0 rings (SSSR count). The number of carbonyl (C=O) groups is 2. The maximum Gasteiger partial charge on any atom is 0.305 e. The molecule has 0 bridgehead atoms. The topological polar surface area (TPSA) is 95.9 Å². The summed E-state index contributed by atoms with van der Waals surface area (Å²) in [6.07, 6.45) is 70.0. The number of nitrogens with one attached hydrogen (secondary N) is 1. The monoisotopic (exact) mass is 926 g/mol. The number of esters is 1. The van der Waals surface area contributed by atoms with Crippen LogP contribution in [0, 0.1) is 0 Å². The molecule has 0 aromatic rings. The van der Waals surface area contributed by atoms with Crippen LogP contribution in [0.2, 0.25) is 0 Å². The molecule has 0 saturated carbocycles. The molecule has 0 aromatic heterocycles. The molecule has 0 heterocycles. The Kier molecular flexibility index (Phi) is 53.6. The molecule has 2 unspecified atom stereocenters. The minimum Gasteiger partial charge on any atom is -0.466 e. The summed E-state index contributed by atoms with van der Waals surface area (Å²) in [6, 6.07) is -0.674. The van der Waals surface area contributed by atoms with Crippen molar-refractivity contribution in [3.05, 3.63) is 48.6 Å². The normalized spacial score (nSPS) is 13.0. The molecule has 0 fully saturated rings. The fourth-order valence-corrected chi connectivity index (χ4v) is 8.62. The SMILES string of the molecule is CCCCCCC/C=C\CCCCCCCC(=O)OCCCCCCCC/C=C\C/C=C\CCC(=O)NC(CO)C(O)/C=C/CCCCCCCCCCCCCCCCCCCCCC. The molecule has 66 heavy (non-hydrogen) atoms. The van der Waals surface area contributed by atoms with Crippen LogP contribution in [0.1, 0.15) is 296 Å². The van der Waals surface area contributed by atoms with E-state index < -0.39 is 12.1 Å². The molecule has 0 saturated heterocycles. The van der Waals surface area contributed by atoms with E-state index in [4.69, 9.17) is 4.74 Å². The Morgan fingerprint density at radius 1 is 0.424 bits per heavy atom. The average molecular weight is 927 g/mol. The number of carbonyl (C=O) groups excluding carboxylic acids is 2. The van der Waals surface area contributed by atoms with Crippen LogP contribution >= 0.6 is 0 Å². The summed E-state index contributed by atoms with van der Waals surface area (Å²) in [7, 11) is 0. The van der Waals surface area contributed by atoms with Gasteiger partial charge in [0.25, 0.3) is 0 Å². The highest BCUT2D eigenvalue weighted by Gasteiger charge is 2.17. The summed E-state index contributed by atoms with van der Waals surface area (Å²) in [5.41, 5.74) is 0. The minimum atomic E-state index is -0.881. The van der Waals surface area contributed by atoms with E-state index in [1.807, 2.05) is 12.2 Å². The van der Waals surface area contributed by atoms with Gasteiger partial charge in [0.15, 0.2) is 0 Å². The van der Waals surface area contributed by atoms with Gasteiger partial charge in [-0.15, -0.1) is 0 Å². The van der Waals surface area contributed by atoms with E-state index in [1.165, 1.54) is 212 Å². The maximum atomic E-state index is 12.4. The lowest BCUT2D eigenvalue weighted by Crippen LogP contribution is -2.45. The molecular weight excluding hydrogens is 815 g/mol.